The number of para-hydroxylation sites is 1. The molecule has 3 rings (SSSR count). The van der Waals surface area contributed by atoms with Gasteiger partial charge in [0.05, 0.1) is 24.2 Å². The van der Waals surface area contributed by atoms with Gasteiger partial charge < -0.3 is 10.1 Å². The molecule has 0 amide bonds. The second-order valence-electron chi connectivity index (χ2n) is 5.85. The predicted molar refractivity (Wildman–Crippen MR) is 87.7 cm³/mol. The van der Waals surface area contributed by atoms with Crippen LogP contribution in [0.1, 0.15) is 44.6 Å². The summed E-state index contributed by atoms with van der Waals surface area (Å²) >= 11 is 0. The van der Waals surface area contributed by atoms with Crippen LogP contribution in [0.5, 0.6) is 5.75 Å². The number of dihydropyridines is 1. The first-order valence-electron chi connectivity index (χ1n) is 8.03. The average molecular weight is 308 g/mol. The molecule has 1 aliphatic carbocycles. The highest BCUT2D eigenvalue weighted by Gasteiger charge is 2.37. The standard InChI is InChI=1S/C19H20N2O2/c1-3-23-17-10-5-4-7-13(17)18-14(11-20)12(2)21-15-8-6-9-16(22)19(15)18/h4-5,7,10,18,21H,3,6,8-9H2,1-2H3. The molecule has 1 aliphatic heterocycles. The Morgan fingerprint density at radius 2 is 2.13 bits per heavy atom. The maximum absolute atomic E-state index is 12.6. The first-order valence-corrected chi connectivity index (χ1v) is 8.03. The van der Waals surface area contributed by atoms with Gasteiger partial charge in [0.1, 0.15) is 5.75 Å². The van der Waals surface area contributed by atoms with Gasteiger partial charge in [-0.15, -0.1) is 0 Å². The van der Waals surface area contributed by atoms with E-state index in [1.807, 2.05) is 38.1 Å². The Kier molecular flexibility index (Phi) is 4.20. The monoisotopic (exact) mass is 308 g/mol. The molecular weight excluding hydrogens is 288 g/mol. The minimum atomic E-state index is -0.327. The van der Waals surface area contributed by atoms with E-state index < -0.39 is 0 Å². The summed E-state index contributed by atoms with van der Waals surface area (Å²) in [5.41, 5.74) is 4.04. The molecule has 1 unspecified atom stereocenters. The van der Waals surface area contributed by atoms with Gasteiger partial charge in [-0.3, -0.25) is 4.79 Å². The van der Waals surface area contributed by atoms with Crippen LogP contribution in [-0.4, -0.2) is 12.4 Å². The van der Waals surface area contributed by atoms with Crippen molar-refractivity contribution in [3.63, 3.8) is 0 Å². The van der Waals surface area contributed by atoms with E-state index in [-0.39, 0.29) is 11.7 Å². The summed E-state index contributed by atoms with van der Waals surface area (Å²) in [6.45, 7) is 4.38. The number of carbonyl (C=O) groups is 1. The van der Waals surface area contributed by atoms with Crippen LogP contribution in [0.25, 0.3) is 0 Å². The SMILES string of the molecule is CCOc1ccccc1C1C(C#N)=C(C)NC2=C1C(=O)CCC2. The zero-order chi connectivity index (χ0) is 16.4. The lowest BCUT2D eigenvalue weighted by Gasteiger charge is -2.33. The van der Waals surface area contributed by atoms with E-state index in [4.69, 9.17) is 4.74 Å². The van der Waals surface area contributed by atoms with Gasteiger partial charge in [-0.2, -0.15) is 5.26 Å². The van der Waals surface area contributed by atoms with Gasteiger partial charge >= 0.3 is 0 Å². The van der Waals surface area contributed by atoms with E-state index in [9.17, 15) is 10.1 Å². The molecule has 0 saturated heterocycles. The molecule has 1 heterocycles. The van der Waals surface area contributed by atoms with Gasteiger partial charge in [-0.1, -0.05) is 18.2 Å². The van der Waals surface area contributed by atoms with Crippen LogP contribution < -0.4 is 10.1 Å². The highest BCUT2D eigenvalue weighted by atomic mass is 16.5. The van der Waals surface area contributed by atoms with Gasteiger partial charge in [-0.25, -0.2) is 0 Å². The number of benzene rings is 1. The van der Waals surface area contributed by atoms with Crippen molar-refractivity contribution >= 4 is 5.78 Å². The fourth-order valence-electron chi connectivity index (χ4n) is 3.45. The van der Waals surface area contributed by atoms with Gasteiger partial charge in [-0.05, 0) is 32.8 Å². The first-order chi connectivity index (χ1) is 11.2. The number of ketones is 1. The highest BCUT2D eigenvalue weighted by Crippen LogP contribution is 2.44. The zero-order valence-electron chi connectivity index (χ0n) is 13.5. The summed E-state index contributed by atoms with van der Waals surface area (Å²) in [5, 5.41) is 12.9. The van der Waals surface area contributed by atoms with E-state index in [1.54, 1.807) is 0 Å². The molecule has 0 spiro atoms. The second-order valence-corrected chi connectivity index (χ2v) is 5.85. The molecule has 118 valence electrons. The molecule has 1 N–H and O–H groups in total. The van der Waals surface area contributed by atoms with Crippen LogP contribution in [0, 0.1) is 11.3 Å². The predicted octanol–water partition coefficient (Wildman–Crippen LogP) is 3.58. The molecule has 4 nitrogen and oxygen atoms in total. The molecular formula is C19H20N2O2. The molecule has 0 fully saturated rings. The average Bonchev–Trinajstić information content (AvgIpc) is 2.55. The molecule has 0 radical (unpaired) electrons. The molecule has 2 aliphatic rings. The lowest BCUT2D eigenvalue weighted by Crippen LogP contribution is -2.31. The third kappa shape index (κ3) is 2.63. The Morgan fingerprint density at radius 3 is 2.87 bits per heavy atom. The van der Waals surface area contributed by atoms with Gasteiger partial charge in [0.2, 0.25) is 0 Å². The van der Waals surface area contributed by atoms with Gasteiger partial charge in [0.15, 0.2) is 5.78 Å². The molecule has 0 aromatic heterocycles. The summed E-state index contributed by atoms with van der Waals surface area (Å²) in [6, 6.07) is 10.00. The van der Waals surface area contributed by atoms with Crippen LogP contribution in [0.4, 0.5) is 0 Å². The Hall–Kier alpha value is -2.54. The van der Waals surface area contributed by atoms with E-state index in [0.29, 0.717) is 18.6 Å². The topological polar surface area (TPSA) is 62.1 Å². The van der Waals surface area contributed by atoms with Crippen LogP contribution >= 0.6 is 0 Å². The van der Waals surface area contributed by atoms with Crippen molar-refractivity contribution in [2.24, 2.45) is 0 Å². The molecule has 23 heavy (non-hydrogen) atoms. The summed E-state index contributed by atoms with van der Waals surface area (Å²) in [5.74, 6) is 0.551. The van der Waals surface area contributed by atoms with E-state index in [1.165, 1.54) is 0 Å². The third-order valence-corrected chi connectivity index (χ3v) is 4.43. The van der Waals surface area contributed by atoms with Gasteiger partial charge in [0.25, 0.3) is 0 Å². The van der Waals surface area contributed by atoms with Crippen molar-refractivity contribution in [1.29, 1.82) is 5.26 Å². The molecule has 0 saturated carbocycles. The smallest absolute Gasteiger partial charge is 0.161 e. The molecule has 4 heteroatoms. The summed E-state index contributed by atoms with van der Waals surface area (Å²) in [4.78, 5) is 12.6. The lowest BCUT2D eigenvalue weighted by molar-refractivity contribution is -0.116. The van der Waals surface area contributed by atoms with Crippen molar-refractivity contribution in [1.82, 2.24) is 5.32 Å². The third-order valence-electron chi connectivity index (χ3n) is 4.43. The van der Waals surface area contributed by atoms with Crippen molar-refractivity contribution in [3.05, 3.63) is 52.4 Å². The van der Waals surface area contributed by atoms with Crippen molar-refractivity contribution in [2.45, 2.75) is 39.0 Å². The van der Waals surface area contributed by atoms with Crippen LogP contribution in [0.15, 0.2) is 46.8 Å². The van der Waals surface area contributed by atoms with E-state index >= 15 is 0 Å². The first kappa shape index (κ1) is 15.4. The number of nitriles is 1. The van der Waals surface area contributed by atoms with Crippen LogP contribution in [0.2, 0.25) is 0 Å². The van der Waals surface area contributed by atoms with Crippen molar-refractivity contribution in [2.75, 3.05) is 6.61 Å². The van der Waals surface area contributed by atoms with Crippen LogP contribution in [-0.2, 0) is 4.79 Å². The van der Waals surface area contributed by atoms with Crippen molar-refractivity contribution in [3.8, 4) is 11.8 Å². The maximum atomic E-state index is 12.6. The summed E-state index contributed by atoms with van der Waals surface area (Å²) < 4.78 is 5.75. The number of rotatable bonds is 3. The summed E-state index contributed by atoms with van der Waals surface area (Å²) in [7, 11) is 0. The quantitative estimate of drug-likeness (QED) is 0.927. The highest BCUT2D eigenvalue weighted by molar-refractivity contribution is 6.00. The number of Topliss-reactive ketones (excluding diaryl/α,β-unsaturated/α-hetero) is 1. The molecule has 1 aromatic carbocycles. The largest absolute Gasteiger partial charge is 0.494 e. The number of nitrogens with one attached hydrogen (secondary N) is 1. The van der Waals surface area contributed by atoms with E-state index in [0.717, 1.165) is 41.1 Å². The fourth-order valence-corrected chi connectivity index (χ4v) is 3.45. The fraction of sp³-hybridized carbons (Fsp3) is 0.368. The van der Waals surface area contributed by atoms with E-state index in [2.05, 4.69) is 11.4 Å². The number of nitrogens with zero attached hydrogens (tertiary/aromatic N) is 1. The molecule has 1 atom stereocenters. The lowest BCUT2D eigenvalue weighted by atomic mass is 9.75. The maximum Gasteiger partial charge on any atom is 0.161 e. The minimum Gasteiger partial charge on any atom is -0.494 e. The number of ether oxygens (including phenoxy) is 1. The summed E-state index contributed by atoms with van der Waals surface area (Å²) in [6.07, 6.45) is 2.26. The normalized spacial score (nSPS) is 20.7. The van der Waals surface area contributed by atoms with Gasteiger partial charge in [0, 0.05) is 29.0 Å². The minimum absolute atomic E-state index is 0.135. The number of carbonyl (C=O) groups excluding carboxylic acids is 1. The molecule has 1 aromatic rings. The van der Waals surface area contributed by atoms with Crippen LogP contribution in [0.3, 0.4) is 0 Å². The molecule has 0 bridgehead atoms. The Morgan fingerprint density at radius 1 is 1.35 bits per heavy atom. The van der Waals surface area contributed by atoms with Crippen molar-refractivity contribution < 1.29 is 9.53 Å². The Balaban J connectivity index is 2.20. The Labute approximate surface area is 136 Å². The Bertz CT molecular complexity index is 753. The number of allylic oxidation sites excluding steroid dienone is 4. The number of hydrogen-bond acceptors (Lipinski definition) is 4. The zero-order valence-corrected chi connectivity index (χ0v) is 13.5. The number of hydrogen-bond donors (Lipinski definition) is 1. The second kappa shape index (κ2) is 6.29.